The van der Waals surface area contributed by atoms with Gasteiger partial charge in [-0.05, 0) is 19.4 Å². The van der Waals surface area contributed by atoms with Gasteiger partial charge in [0, 0.05) is 57.6 Å². The Balaban J connectivity index is 1.30. The smallest absolute Gasteiger partial charge is 0.257 e. The number of carbonyl (C=O) groups excluding carboxylic acids is 2. The molecule has 0 saturated carbocycles. The molecule has 0 spiro atoms. The molecule has 1 fully saturated rings. The summed E-state index contributed by atoms with van der Waals surface area (Å²) in [6.07, 6.45) is 3.09. The van der Waals surface area contributed by atoms with Crippen molar-refractivity contribution in [3.05, 3.63) is 47.8 Å². The minimum atomic E-state index is -0.164. The lowest BCUT2D eigenvalue weighted by Crippen LogP contribution is -2.49. The number of rotatable bonds is 7. The zero-order valence-corrected chi connectivity index (χ0v) is 18.8. The Kier molecular flexibility index (Phi) is 7.44. The minimum absolute atomic E-state index is 0.0717. The molecule has 1 aromatic carbocycles. The molecule has 0 atom stereocenters. The third-order valence-corrected chi connectivity index (χ3v) is 6.26. The second-order valence-electron chi connectivity index (χ2n) is 8.38. The summed E-state index contributed by atoms with van der Waals surface area (Å²) in [7, 11) is 0. The summed E-state index contributed by atoms with van der Waals surface area (Å²) in [6.45, 7) is 9.59. The van der Waals surface area contributed by atoms with Crippen molar-refractivity contribution in [2.24, 2.45) is 0 Å². The lowest BCUT2D eigenvalue weighted by molar-refractivity contribution is -0.121. The Hall–Kier alpha value is -2.84. The normalized spacial score (nSPS) is 17.7. The maximum Gasteiger partial charge on any atom is 0.257 e. The molecule has 3 heterocycles. The molecular formula is C24H32N6O2. The maximum atomic E-state index is 13.1. The molecule has 2 aliphatic rings. The van der Waals surface area contributed by atoms with Crippen LogP contribution in [-0.2, 0) is 11.2 Å². The molecule has 2 aliphatic heterocycles. The first-order chi connectivity index (χ1) is 15.6. The second-order valence-corrected chi connectivity index (χ2v) is 8.38. The van der Waals surface area contributed by atoms with Crippen LogP contribution in [0.25, 0.3) is 11.4 Å². The number of carbonyl (C=O) groups is 2. The molecule has 8 heteroatoms. The molecule has 2 amide bonds. The van der Waals surface area contributed by atoms with E-state index in [-0.39, 0.29) is 18.4 Å². The average Bonchev–Trinajstić information content (AvgIpc) is 2.98. The fraction of sp³-hybridized carbons (Fsp3) is 0.500. The van der Waals surface area contributed by atoms with Crippen molar-refractivity contribution in [1.29, 1.82) is 0 Å². The van der Waals surface area contributed by atoms with E-state index >= 15 is 0 Å². The van der Waals surface area contributed by atoms with E-state index in [1.807, 2.05) is 30.3 Å². The van der Waals surface area contributed by atoms with E-state index in [9.17, 15) is 9.59 Å². The summed E-state index contributed by atoms with van der Waals surface area (Å²) >= 11 is 0. The van der Waals surface area contributed by atoms with Crippen LogP contribution in [0.2, 0.25) is 0 Å². The predicted octanol–water partition coefficient (Wildman–Crippen LogP) is 1.29. The highest BCUT2D eigenvalue weighted by atomic mass is 16.2. The van der Waals surface area contributed by atoms with Crippen molar-refractivity contribution in [3.8, 4) is 11.4 Å². The van der Waals surface area contributed by atoms with Crippen LogP contribution in [0.5, 0.6) is 0 Å². The van der Waals surface area contributed by atoms with Crippen LogP contribution in [0, 0.1) is 0 Å². The number of nitrogens with zero attached hydrogens (tertiary/aromatic N) is 5. The summed E-state index contributed by atoms with van der Waals surface area (Å²) in [4.78, 5) is 41.0. The van der Waals surface area contributed by atoms with E-state index in [0.29, 0.717) is 30.9 Å². The van der Waals surface area contributed by atoms with E-state index in [4.69, 9.17) is 0 Å². The molecule has 32 heavy (non-hydrogen) atoms. The van der Waals surface area contributed by atoms with E-state index in [0.717, 1.165) is 56.9 Å². The van der Waals surface area contributed by atoms with Crippen molar-refractivity contribution in [2.45, 2.75) is 19.8 Å². The Morgan fingerprint density at radius 2 is 1.81 bits per heavy atom. The number of fused-ring (bicyclic) bond motifs is 1. The Morgan fingerprint density at radius 3 is 2.56 bits per heavy atom. The monoisotopic (exact) mass is 436 g/mol. The zero-order chi connectivity index (χ0) is 22.3. The van der Waals surface area contributed by atoms with Gasteiger partial charge < -0.3 is 15.1 Å². The van der Waals surface area contributed by atoms with E-state index in [1.165, 1.54) is 0 Å². The summed E-state index contributed by atoms with van der Waals surface area (Å²) in [5, 5.41) is 2.98. The lowest BCUT2D eigenvalue weighted by atomic mass is 10.1. The first kappa shape index (κ1) is 22.4. The molecule has 1 aromatic heterocycles. The van der Waals surface area contributed by atoms with Crippen molar-refractivity contribution >= 4 is 11.8 Å². The van der Waals surface area contributed by atoms with Crippen LogP contribution in [-0.4, -0.2) is 95.4 Å². The number of piperazine rings is 1. The summed E-state index contributed by atoms with van der Waals surface area (Å²) < 4.78 is 0. The van der Waals surface area contributed by atoms with Gasteiger partial charge in [0.15, 0.2) is 5.82 Å². The van der Waals surface area contributed by atoms with Gasteiger partial charge in [0.2, 0.25) is 5.91 Å². The minimum Gasteiger partial charge on any atom is -0.353 e. The molecule has 0 bridgehead atoms. The standard InChI is InChI=1S/C24H32N6O2/c1-2-28-13-15-29(16-14-28)12-10-25-22(31)18-30-11-6-9-21-20(24(30)32)17-26-23(27-21)19-7-4-3-5-8-19/h3-5,7-8,17H,2,6,9-16,18H2,1H3,(H,25,31). The quantitative estimate of drug-likeness (QED) is 0.704. The van der Waals surface area contributed by atoms with Crippen LogP contribution < -0.4 is 5.32 Å². The first-order valence-corrected chi connectivity index (χ1v) is 11.6. The first-order valence-electron chi connectivity index (χ1n) is 11.6. The molecule has 4 rings (SSSR count). The van der Waals surface area contributed by atoms with Crippen LogP contribution in [0.15, 0.2) is 36.5 Å². The highest BCUT2D eigenvalue weighted by Crippen LogP contribution is 2.20. The van der Waals surface area contributed by atoms with Gasteiger partial charge in [-0.15, -0.1) is 0 Å². The van der Waals surface area contributed by atoms with Gasteiger partial charge in [0.25, 0.3) is 5.91 Å². The predicted molar refractivity (Wildman–Crippen MR) is 123 cm³/mol. The lowest BCUT2D eigenvalue weighted by Gasteiger charge is -2.34. The number of aromatic nitrogens is 2. The number of benzene rings is 1. The Labute approximate surface area is 189 Å². The third-order valence-electron chi connectivity index (χ3n) is 6.26. The van der Waals surface area contributed by atoms with Crippen LogP contribution in [0.4, 0.5) is 0 Å². The summed E-state index contributed by atoms with van der Waals surface area (Å²) in [5.41, 5.74) is 2.20. The molecule has 1 N–H and O–H groups in total. The van der Waals surface area contributed by atoms with Gasteiger partial charge >= 0.3 is 0 Å². The van der Waals surface area contributed by atoms with Gasteiger partial charge in [0.05, 0.1) is 17.8 Å². The van der Waals surface area contributed by atoms with Gasteiger partial charge in [-0.1, -0.05) is 37.3 Å². The topological polar surface area (TPSA) is 81.7 Å². The third kappa shape index (κ3) is 5.49. The number of aryl methyl sites for hydroxylation is 1. The molecule has 0 radical (unpaired) electrons. The highest BCUT2D eigenvalue weighted by molar-refractivity contribution is 5.97. The molecule has 0 aliphatic carbocycles. The van der Waals surface area contributed by atoms with Crippen molar-refractivity contribution in [3.63, 3.8) is 0 Å². The highest BCUT2D eigenvalue weighted by Gasteiger charge is 2.26. The van der Waals surface area contributed by atoms with Crippen LogP contribution >= 0.6 is 0 Å². The molecule has 1 saturated heterocycles. The summed E-state index contributed by atoms with van der Waals surface area (Å²) in [6, 6.07) is 9.76. The van der Waals surface area contributed by atoms with Gasteiger partial charge in [-0.25, -0.2) is 9.97 Å². The van der Waals surface area contributed by atoms with E-state index in [1.54, 1.807) is 11.1 Å². The SMILES string of the molecule is CCN1CCN(CCNC(=O)CN2CCCc3nc(-c4ccccc4)ncc3C2=O)CC1. The summed E-state index contributed by atoms with van der Waals surface area (Å²) in [5.74, 6) is 0.349. The van der Waals surface area contributed by atoms with E-state index < -0.39 is 0 Å². The Bertz CT molecular complexity index is 927. The van der Waals surface area contributed by atoms with Crippen LogP contribution in [0.1, 0.15) is 29.4 Å². The maximum absolute atomic E-state index is 13.1. The van der Waals surface area contributed by atoms with Crippen molar-refractivity contribution < 1.29 is 9.59 Å². The number of likely N-dealkylation sites (N-methyl/N-ethyl adjacent to an activating group) is 1. The zero-order valence-electron chi connectivity index (χ0n) is 18.8. The fourth-order valence-corrected chi connectivity index (χ4v) is 4.28. The van der Waals surface area contributed by atoms with Gasteiger partial charge in [-0.3, -0.25) is 14.5 Å². The molecule has 2 aromatic rings. The van der Waals surface area contributed by atoms with Crippen molar-refractivity contribution in [2.75, 3.05) is 58.9 Å². The largest absolute Gasteiger partial charge is 0.353 e. The molecule has 8 nitrogen and oxygen atoms in total. The number of hydrogen-bond acceptors (Lipinski definition) is 6. The number of nitrogens with one attached hydrogen (secondary N) is 1. The van der Waals surface area contributed by atoms with Gasteiger partial charge in [-0.2, -0.15) is 0 Å². The van der Waals surface area contributed by atoms with Crippen molar-refractivity contribution in [1.82, 2.24) is 30.0 Å². The fourth-order valence-electron chi connectivity index (χ4n) is 4.28. The van der Waals surface area contributed by atoms with E-state index in [2.05, 4.69) is 32.0 Å². The number of amides is 2. The molecule has 0 unspecified atom stereocenters. The Morgan fingerprint density at radius 1 is 1.06 bits per heavy atom. The second kappa shape index (κ2) is 10.7. The number of hydrogen-bond donors (Lipinski definition) is 1. The average molecular weight is 437 g/mol. The molecular weight excluding hydrogens is 404 g/mol. The molecule has 170 valence electrons. The van der Waals surface area contributed by atoms with Gasteiger partial charge in [0.1, 0.15) is 0 Å². The van der Waals surface area contributed by atoms with Crippen LogP contribution in [0.3, 0.4) is 0 Å².